The van der Waals surface area contributed by atoms with Crippen molar-refractivity contribution in [3.05, 3.63) is 41.2 Å². The van der Waals surface area contributed by atoms with Crippen LogP contribution in [0.15, 0.2) is 35.1 Å². The molecule has 1 spiro atoms. The molecule has 25 heavy (non-hydrogen) atoms. The molecule has 0 radical (unpaired) electrons. The molecule has 0 saturated carbocycles. The number of hydrogen-bond acceptors (Lipinski definition) is 6. The van der Waals surface area contributed by atoms with Crippen LogP contribution < -0.4 is 4.90 Å². The molecule has 1 amide bonds. The van der Waals surface area contributed by atoms with Gasteiger partial charge < -0.3 is 13.9 Å². The van der Waals surface area contributed by atoms with E-state index in [4.69, 9.17) is 13.9 Å². The zero-order valence-electron chi connectivity index (χ0n) is 14.3. The van der Waals surface area contributed by atoms with E-state index >= 15 is 0 Å². The van der Waals surface area contributed by atoms with Crippen molar-refractivity contribution in [2.45, 2.75) is 19.1 Å². The van der Waals surface area contributed by atoms with Crippen LogP contribution in [0.1, 0.15) is 10.4 Å². The van der Waals surface area contributed by atoms with Crippen molar-refractivity contribution >= 4 is 22.2 Å². The molecular formula is C18H22N2O4S. The number of aryl methyl sites for hydroxylation is 1. The summed E-state index contributed by atoms with van der Waals surface area (Å²) in [5.74, 6) is 0.0121. The van der Waals surface area contributed by atoms with E-state index in [-0.39, 0.29) is 12.5 Å². The predicted molar refractivity (Wildman–Crippen MR) is 94.9 cm³/mol. The number of rotatable bonds is 3. The molecule has 2 aromatic heterocycles. The van der Waals surface area contributed by atoms with Crippen molar-refractivity contribution in [1.29, 1.82) is 0 Å². The largest absolute Gasteiger partial charge is 0.472 e. The van der Waals surface area contributed by atoms with E-state index in [1.807, 2.05) is 23.1 Å². The van der Waals surface area contributed by atoms with Crippen molar-refractivity contribution < 1.29 is 18.7 Å². The van der Waals surface area contributed by atoms with Crippen LogP contribution in [0.25, 0.3) is 0 Å². The Hall–Kier alpha value is -1.67. The number of nitrogens with zero attached hydrogens (tertiary/aromatic N) is 2. The van der Waals surface area contributed by atoms with Crippen LogP contribution in [0.3, 0.4) is 0 Å². The van der Waals surface area contributed by atoms with E-state index in [1.165, 1.54) is 4.88 Å². The minimum atomic E-state index is -0.494. The maximum atomic E-state index is 12.4. The Labute approximate surface area is 150 Å². The highest BCUT2D eigenvalue weighted by molar-refractivity contribution is 7.16. The van der Waals surface area contributed by atoms with E-state index in [9.17, 15) is 4.79 Å². The number of furan rings is 1. The Morgan fingerprint density at radius 1 is 1.28 bits per heavy atom. The number of hydrogen-bond donors (Lipinski definition) is 0. The molecule has 0 aromatic carbocycles. The van der Waals surface area contributed by atoms with Gasteiger partial charge in [0.25, 0.3) is 5.91 Å². The van der Waals surface area contributed by atoms with E-state index < -0.39 is 5.60 Å². The minimum absolute atomic E-state index is 0.0121. The second-order valence-corrected chi connectivity index (χ2v) is 8.00. The van der Waals surface area contributed by atoms with Gasteiger partial charge in [-0.25, -0.2) is 0 Å². The Balaban J connectivity index is 1.53. The lowest BCUT2D eigenvalue weighted by Crippen LogP contribution is -2.60. The summed E-state index contributed by atoms with van der Waals surface area (Å²) < 4.78 is 17.0. The number of thiophene rings is 1. The van der Waals surface area contributed by atoms with Crippen molar-refractivity contribution in [3.63, 3.8) is 0 Å². The minimum Gasteiger partial charge on any atom is -0.472 e. The lowest BCUT2D eigenvalue weighted by atomic mass is 10.0. The summed E-state index contributed by atoms with van der Waals surface area (Å²) >= 11 is 1.64. The molecule has 2 saturated heterocycles. The van der Waals surface area contributed by atoms with Crippen molar-refractivity contribution in [3.8, 4) is 0 Å². The van der Waals surface area contributed by atoms with Crippen LogP contribution in [0.2, 0.25) is 0 Å². The van der Waals surface area contributed by atoms with Gasteiger partial charge in [-0.05, 0) is 25.1 Å². The topological polar surface area (TPSA) is 55.1 Å². The molecular weight excluding hydrogens is 340 g/mol. The summed E-state index contributed by atoms with van der Waals surface area (Å²) in [5, 5.41) is 0.982. The van der Waals surface area contributed by atoms with Gasteiger partial charge in [-0.2, -0.15) is 0 Å². The van der Waals surface area contributed by atoms with Gasteiger partial charge >= 0.3 is 0 Å². The third kappa shape index (κ3) is 3.64. The second kappa shape index (κ2) is 6.92. The normalized spacial score (nSPS) is 25.5. The highest BCUT2D eigenvalue weighted by atomic mass is 32.1. The molecule has 2 aliphatic rings. The SMILES string of the molecule is Cc1ccc(N2C[C@]3(COCCN(Cc4ccoc4)C3)OCC2=O)s1. The molecule has 0 N–H and O–H groups in total. The first-order valence-electron chi connectivity index (χ1n) is 8.46. The highest BCUT2D eigenvalue weighted by Crippen LogP contribution is 2.31. The number of carbonyl (C=O) groups is 1. The molecule has 4 heterocycles. The Morgan fingerprint density at radius 3 is 2.96 bits per heavy atom. The van der Waals surface area contributed by atoms with Crippen LogP contribution in [0, 0.1) is 6.92 Å². The van der Waals surface area contributed by atoms with Crippen LogP contribution >= 0.6 is 11.3 Å². The molecule has 2 aliphatic heterocycles. The van der Waals surface area contributed by atoms with Gasteiger partial charge in [-0.3, -0.25) is 14.6 Å². The molecule has 134 valence electrons. The molecule has 2 aromatic rings. The summed E-state index contributed by atoms with van der Waals surface area (Å²) in [4.78, 5) is 17.8. The van der Waals surface area contributed by atoms with E-state index in [0.717, 1.165) is 30.2 Å². The maximum Gasteiger partial charge on any atom is 0.253 e. The van der Waals surface area contributed by atoms with Gasteiger partial charge in [0.05, 0.1) is 37.3 Å². The smallest absolute Gasteiger partial charge is 0.253 e. The molecule has 1 atom stereocenters. The summed E-state index contributed by atoms with van der Waals surface area (Å²) in [7, 11) is 0. The van der Waals surface area contributed by atoms with Crippen LogP contribution in [-0.4, -0.2) is 55.9 Å². The van der Waals surface area contributed by atoms with Crippen molar-refractivity contribution in [2.24, 2.45) is 0 Å². The average Bonchev–Trinajstić information content (AvgIpc) is 3.21. The Morgan fingerprint density at radius 2 is 2.20 bits per heavy atom. The fourth-order valence-electron chi connectivity index (χ4n) is 3.43. The lowest BCUT2D eigenvalue weighted by molar-refractivity contribution is -0.146. The van der Waals surface area contributed by atoms with Crippen molar-refractivity contribution in [1.82, 2.24) is 4.90 Å². The standard InChI is InChI=1S/C18H22N2O4S/c1-14-2-3-17(25-14)20-12-18(24-10-16(20)21)11-19(5-7-23-13-18)8-15-4-6-22-9-15/h2-4,6,9H,5,7-8,10-13H2,1H3/t18-/m1/s1. The fourth-order valence-corrected chi connectivity index (χ4v) is 4.30. The van der Waals surface area contributed by atoms with E-state index in [2.05, 4.69) is 11.8 Å². The quantitative estimate of drug-likeness (QED) is 0.839. The van der Waals surface area contributed by atoms with Gasteiger partial charge in [0.1, 0.15) is 12.2 Å². The number of carbonyl (C=O) groups excluding carboxylic acids is 1. The average molecular weight is 362 g/mol. The van der Waals surface area contributed by atoms with Crippen LogP contribution in [0.5, 0.6) is 0 Å². The Bertz CT molecular complexity index is 729. The molecule has 4 rings (SSSR count). The van der Waals surface area contributed by atoms with E-state index in [1.54, 1.807) is 23.9 Å². The second-order valence-electron chi connectivity index (χ2n) is 6.73. The third-order valence-electron chi connectivity index (χ3n) is 4.66. The first-order valence-corrected chi connectivity index (χ1v) is 9.27. The zero-order chi connectivity index (χ0) is 17.3. The summed E-state index contributed by atoms with van der Waals surface area (Å²) in [5.41, 5.74) is 0.640. The highest BCUT2D eigenvalue weighted by Gasteiger charge is 2.43. The predicted octanol–water partition coefficient (Wildman–Crippen LogP) is 2.28. The number of anilines is 1. The monoisotopic (exact) mass is 362 g/mol. The molecule has 2 fully saturated rings. The third-order valence-corrected chi connectivity index (χ3v) is 5.68. The first-order chi connectivity index (χ1) is 12.1. The molecule has 0 bridgehead atoms. The summed E-state index contributed by atoms with van der Waals surface area (Å²) in [6, 6.07) is 6.03. The fraction of sp³-hybridized carbons (Fsp3) is 0.500. The lowest BCUT2D eigenvalue weighted by Gasteiger charge is -2.42. The van der Waals surface area contributed by atoms with E-state index in [0.29, 0.717) is 19.8 Å². The van der Waals surface area contributed by atoms with Gasteiger partial charge in [0.2, 0.25) is 0 Å². The summed E-state index contributed by atoms with van der Waals surface area (Å²) in [6.07, 6.45) is 3.46. The van der Waals surface area contributed by atoms with Gasteiger partial charge in [0.15, 0.2) is 0 Å². The van der Waals surface area contributed by atoms with Crippen LogP contribution in [-0.2, 0) is 20.8 Å². The van der Waals surface area contributed by atoms with Crippen LogP contribution in [0.4, 0.5) is 5.00 Å². The Kier molecular flexibility index (Phi) is 4.64. The van der Waals surface area contributed by atoms with Crippen molar-refractivity contribution in [2.75, 3.05) is 44.4 Å². The van der Waals surface area contributed by atoms with Gasteiger partial charge in [-0.1, -0.05) is 0 Å². The van der Waals surface area contributed by atoms with Gasteiger partial charge in [-0.15, -0.1) is 11.3 Å². The molecule has 6 nitrogen and oxygen atoms in total. The molecule has 0 unspecified atom stereocenters. The number of morpholine rings is 1. The molecule has 0 aliphatic carbocycles. The first kappa shape index (κ1) is 16.8. The zero-order valence-corrected chi connectivity index (χ0v) is 15.1. The van der Waals surface area contributed by atoms with Gasteiger partial charge in [0, 0.05) is 30.1 Å². The maximum absolute atomic E-state index is 12.4. The number of ether oxygens (including phenoxy) is 2. The summed E-state index contributed by atoms with van der Waals surface area (Å²) in [6.45, 7) is 6.19. The number of amides is 1. The molecule has 7 heteroatoms.